The summed E-state index contributed by atoms with van der Waals surface area (Å²) in [6.07, 6.45) is 3.13. The topological polar surface area (TPSA) is 80.0 Å². The van der Waals surface area contributed by atoms with Crippen molar-refractivity contribution in [1.29, 1.82) is 0 Å². The Balaban J connectivity index is 0.00000243. The summed E-state index contributed by atoms with van der Waals surface area (Å²) in [5.74, 6) is 1.58. The van der Waals surface area contributed by atoms with E-state index in [4.69, 9.17) is 4.52 Å². The molecule has 1 aliphatic heterocycles. The van der Waals surface area contributed by atoms with E-state index in [-0.39, 0.29) is 18.3 Å². The molecular formula is C19H27ClN4O2. The van der Waals surface area contributed by atoms with Gasteiger partial charge in [0.25, 0.3) is 0 Å². The Morgan fingerprint density at radius 1 is 1.35 bits per heavy atom. The highest BCUT2D eigenvalue weighted by atomic mass is 35.5. The minimum atomic E-state index is 0. The van der Waals surface area contributed by atoms with E-state index in [0.717, 1.165) is 18.5 Å². The maximum Gasteiger partial charge on any atom is 0.227 e. The first kappa shape index (κ1) is 20.4. The molecule has 1 amide bonds. The van der Waals surface area contributed by atoms with Crippen LogP contribution in [0, 0.1) is 0 Å². The van der Waals surface area contributed by atoms with Crippen LogP contribution in [0.5, 0.6) is 0 Å². The first-order valence-corrected chi connectivity index (χ1v) is 9.05. The van der Waals surface area contributed by atoms with Crippen molar-refractivity contribution in [1.82, 2.24) is 20.8 Å². The van der Waals surface area contributed by atoms with Crippen LogP contribution < -0.4 is 10.6 Å². The van der Waals surface area contributed by atoms with E-state index >= 15 is 0 Å². The van der Waals surface area contributed by atoms with E-state index in [9.17, 15) is 4.79 Å². The van der Waals surface area contributed by atoms with Gasteiger partial charge < -0.3 is 15.2 Å². The van der Waals surface area contributed by atoms with E-state index in [2.05, 4.69) is 46.8 Å². The molecule has 26 heavy (non-hydrogen) atoms. The van der Waals surface area contributed by atoms with Gasteiger partial charge in [0, 0.05) is 31.0 Å². The summed E-state index contributed by atoms with van der Waals surface area (Å²) in [7, 11) is 0. The normalized spacial score (nSPS) is 16.5. The Morgan fingerprint density at radius 2 is 2.12 bits per heavy atom. The minimum absolute atomic E-state index is 0. The Morgan fingerprint density at radius 3 is 2.77 bits per heavy atom. The fourth-order valence-corrected chi connectivity index (χ4v) is 2.97. The number of carbonyl (C=O) groups excluding carboxylic acids is 1. The van der Waals surface area contributed by atoms with Crippen molar-refractivity contribution in [3.05, 3.63) is 35.7 Å². The van der Waals surface area contributed by atoms with Gasteiger partial charge in [0.1, 0.15) is 0 Å². The van der Waals surface area contributed by atoms with Crippen LogP contribution in [0.3, 0.4) is 0 Å². The van der Waals surface area contributed by atoms with Crippen LogP contribution in [0.15, 0.2) is 28.8 Å². The second-order valence-electron chi connectivity index (χ2n) is 6.89. The van der Waals surface area contributed by atoms with Gasteiger partial charge in [-0.05, 0) is 30.9 Å². The third kappa shape index (κ3) is 5.54. The van der Waals surface area contributed by atoms with E-state index in [1.165, 1.54) is 12.0 Å². The van der Waals surface area contributed by atoms with Gasteiger partial charge in [-0.15, -0.1) is 12.4 Å². The first-order valence-electron chi connectivity index (χ1n) is 9.05. The van der Waals surface area contributed by atoms with Crippen LogP contribution in [0.25, 0.3) is 11.4 Å². The number of aryl methyl sites for hydroxylation is 1. The number of aromatic nitrogens is 2. The lowest BCUT2D eigenvalue weighted by Gasteiger charge is -2.10. The third-order valence-corrected chi connectivity index (χ3v) is 4.58. The number of amides is 1. The Kier molecular flexibility index (Phi) is 7.60. The molecule has 2 N–H and O–H groups in total. The van der Waals surface area contributed by atoms with Crippen LogP contribution in [-0.4, -0.2) is 35.2 Å². The summed E-state index contributed by atoms with van der Waals surface area (Å²) in [5.41, 5.74) is 2.21. The maximum atomic E-state index is 11.9. The predicted molar refractivity (Wildman–Crippen MR) is 103 cm³/mol. The zero-order chi connectivity index (χ0) is 17.6. The molecule has 1 aromatic heterocycles. The number of benzene rings is 1. The molecule has 3 rings (SSSR count). The van der Waals surface area contributed by atoms with Crippen LogP contribution in [0.4, 0.5) is 0 Å². The highest BCUT2D eigenvalue weighted by Gasteiger charge is 2.15. The average Bonchev–Trinajstić information content (AvgIpc) is 3.30. The molecule has 0 bridgehead atoms. The van der Waals surface area contributed by atoms with E-state index in [1.807, 2.05) is 12.1 Å². The van der Waals surface area contributed by atoms with Crippen molar-refractivity contribution >= 4 is 18.3 Å². The van der Waals surface area contributed by atoms with Crippen LogP contribution in [0.1, 0.15) is 50.5 Å². The number of rotatable bonds is 7. The second kappa shape index (κ2) is 9.69. The van der Waals surface area contributed by atoms with Gasteiger partial charge in [-0.25, -0.2) is 0 Å². The fourth-order valence-electron chi connectivity index (χ4n) is 2.97. The molecule has 0 radical (unpaired) electrons. The number of hydrogen-bond acceptors (Lipinski definition) is 5. The molecule has 1 fully saturated rings. The van der Waals surface area contributed by atoms with E-state index in [1.54, 1.807) is 0 Å². The summed E-state index contributed by atoms with van der Waals surface area (Å²) in [5, 5.41) is 10.3. The highest BCUT2D eigenvalue weighted by molar-refractivity contribution is 5.85. The highest BCUT2D eigenvalue weighted by Crippen LogP contribution is 2.20. The molecule has 1 aromatic carbocycles. The Hall–Kier alpha value is -1.92. The predicted octanol–water partition coefficient (Wildman–Crippen LogP) is 3.08. The average molecular weight is 379 g/mol. The monoisotopic (exact) mass is 378 g/mol. The molecule has 2 aromatic rings. The summed E-state index contributed by atoms with van der Waals surface area (Å²) in [6, 6.07) is 8.59. The lowest BCUT2D eigenvalue weighted by atomic mass is 10.0. The third-order valence-electron chi connectivity index (χ3n) is 4.58. The van der Waals surface area contributed by atoms with Crippen molar-refractivity contribution in [3.8, 4) is 11.4 Å². The second-order valence-corrected chi connectivity index (χ2v) is 6.89. The molecule has 1 atom stereocenters. The van der Waals surface area contributed by atoms with Crippen LogP contribution in [0.2, 0.25) is 0 Å². The van der Waals surface area contributed by atoms with E-state index < -0.39 is 0 Å². The Labute approximate surface area is 160 Å². The van der Waals surface area contributed by atoms with Gasteiger partial charge in [0.15, 0.2) is 0 Å². The first-order chi connectivity index (χ1) is 12.1. The van der Waals surface area contributed by atoms with Crippen LogP contribution >= 0.6 is 12.4 Å². The van der Waals surface area contributed by atoms with Gasteiger partial charge >= 0.3 is 0 Å². The van der Waals surface area contributed by atoms with Gasteiger partial charge in [-0.2, -0.15) is 4.98 Å². The largest absolute Gasteiger partial charge is 0.355 e. The lowest BCUT2D eigenvalue weighted by Crippen LogP contribution is -2.37. The number of nitrogens with one attached hydrogen (secondary N) is 2. The molecule has 2 heterocycles. The minimum Gasteiger partial charge on any atom is -0.355 e. The summed E-state index contributed by atoms with van der Waals surface area (Å²) < 4.78 is 5.27. The number of hydrogen-bond donors (Lipinski definition) is 2. The molecule has 1 aliphatic rings. The standard InChI is InChI=1S/C19H26N4O2.ClH/c1-13(2)14-5-7-15(8-6-14)19-22-18(25-23-19)10-9-17(24)21-12-16-4-3-11-20-16;/h5-8,13,16,20H,3-4,9-12H2,1-2H3,(H,21,24);1H. The lowest BCUT2D eigenvalue weighted by molar-refractivity contribution is -0.121. The molecular weight excluding hydrogens is 352 g/mol. The zero-order valence-electron chi connectivity index (χ0n) is 15.3. The quantitative estimate of drug-likeness (QED) is 0.773. The zero-order valence-corrected chi connectivity index (χ0v) is 16.1. The summed E-state index contributed by atoms with van der Waals surface area (Å²) in [4.78, 5) is 16.3. The number of halogens is 1. The van der Waals surface area contributed by atoms with Crippen molar-refractivity contribution in [2.24, 2.45) is 0 Å². The van der Waals surface area contributed by atoms with Crippen molar-refractivity contribution in [2.45, 2.75) is 51.5 Å². The summed E-state index contributed by atoms with van der Waals surface area (Å²) >= 11 is 0. The van der Waals surface area contributed by atoms with Crippen molar-refractivity contribution in [2.75, 3.05) is 13.1 Å². The van der Waals surface area contributed by atoms with Crippen molar-refractivity contribution < 1.29 is 9.32 Å². The molecule has 0 saturated carbocycles. The number of nitrogens with zero attached hydrogens (tertiary/aromatic N) is 2. The molecule has 142 valence electrons. The van der Waals surface area contributed by atoms with Gasteiger partial charge in [0.05, 0.1) is 0 Å². The summed E-state index contributed by atoms with van der Waals surface area (Å²) in [6.45, 7) is 6.06. The molecule has 1 saturated heterocycles. The van der Waals surface area contributed by atoms with Gasteiger partial charge in [-0.3, -0.25) is 4.79 Å². The van der Waals surface area contributed by atoms with E-state index in [0.29, 0.717) is 43.1 Å². The molecule has 1 unspecified atom stereocenters. The molecule has 0 aliphatic carbocycles. The molecule has 6 nitrogen and oxygen atoms in total. The number of carbonyl (C=O) groups is 1. The molecule has 7 heteroatoms. The van der Waals surface area contributed by atoms with Gasteiger partial charge in [-0.1, -0.05) is 43.3 Å². The molecule has 0 spiro atoms. The maximum absolute atomic E-state index is 11.9. The SMILES string of the molecule is CC(C)c1ccc(-c2noc(CCC(=O)NCC3CCCN3)n2)cc1.Cl. The van der Waals surface area contributed by atoms with Crippen molar-refractivity contribution in [3.63, 3.8) is 0 Å². The smallest absolute Gasteiger partial charge is 0.227 e. The fraction of sp³-hybridized carbons (Fsp3) is 0.526. The Bertz CT molecular complexity index is 694. The van der Waals surface area contributed by atoms with Crippen LogP contribution in [-0.2, 0) is 11.2 Å². The van der Waals surface area contributed by atoms with Gasteiger partial charge in [0.2, 0.25) is 17.6 Å².